The average Bonchev–Trinajstić information content (AvgIpc) is 2.90. The van der Waals surface area contributed by atoms with Gasteiger partial charge in [-0.15, -0.1) is 0 Å². The highest BCUT2D eigenvalue weighted by Gasteiger charge is 2.14. The largest absolute Gasteiger partial charge is 0.496 e. The zero-order valence-electron chi connectivity index (χ0n) is 13.9. The van der Waals surface area contributed by atoms with E-state index in [0.29, 0.717) is 22.6 Å². The third-order valence-corrected chi connectivity index (χ3v) is 3.90. The Bertz CT molecular complexity index is 1030. The summed E-state index contributed by atoms with van der Waals surface area (Å²) in [5.74, 6) is 0.399. The van der Waals surface area contributed by atoms with Crippen molar-refractivity contribution < 1.29 is 9.53 Å². The van der Waals surface area contributed by atoms with Crippen LogP contribution in [-0.4, -0.2) is 27.2 Å². The molecule has 0 fully saturated rings. The van der Waals surface area contributed by atoms with Gasteiger partial charge in [-0.25, -0.2) is 23.9 Å². The van der Waals surface area contributed by atoms with Crippen LogP contribution in [0.5, 0.6) is 5.75 Å². The lowest BCUT2D eigenvalue weighted by Gasteiger charge is -2.09. The summed E-state index contributed by atoms with van der Waals surface area (Å²) < 4.78 is 7.53. The van der Waals surface area contributed by atoms with E-state index in [1.54, 1.807) is 42.5 Å². The summed E-state index contributed by atoms with van der Waals surface area (Å²) in [6.07, 6.45) is 0. The number of nitrogens with zero attached hydrogens (tertiary/aromatic N) is 2. The topological polar surface area (TPSA) is 86.1 Å². The van der Waals surface area contributed by atoms with Crippen molar-refractivity contribution in [2.75, 3.05) is 7.11 Å². The Morgan fingerprint density at radius 2 is 1.84 bits per heavy atom. The van der Waals surface area contributed by atoms with Gasteiger partial charge in [0.1, 0.15) is 5.75 Å². The van der Waals surface area contributed by atoms with Gasteiger partial charge in [-0.05, 0) is 37.3 Å². The van der Waals surface area contributed by atoms with Crippen molar-refractivity contribution >= 4 is 5.78 Å². The van der Waals surface area contributed by atoms with Gasteiger partial charge in [-0.2, -0.15) is 0 Å². The van der Waals surface area contributed by atoms with E-state index in [1.807, 2.05) is 6.07 Å². The number of aromatic nitrogens is 3. The van der Waals surface area contributed by atoms with Crippen LogP contribution in [0.1, 0.15) is 22.8 Å². The van der Waals surface area contributed by atoms with Gasteiger partial charge in [0, 0.05) is 11.1 Å². The van der Waals surface area contributed by atoms with Gasteiger partial charge < -0.3 is 4.74 Å². The number of ketones is 1. The summed E-state index contributed by atoms with van der Waals surface area (Å²) in [4.78, 5) is 36.4. The molecule has 0 atom stereocenters. The number of ether oxygens (including phenoxy) is 1. The third kappa shape index (κ3) is 3.16. The second kappa shape index (κ2) is 6.64. The standard InChI is InChI=1S/C18H17N3O4/c1-12(22)13-8-9-16(25-2)14(10-13)11-20-17(23)19-21(18(20)24)15-6-4-3-5-7-15/h3-10H,11H2,1-2H3,(H,19,23). The molecule has 0 unspecified atom stereocenters. The summed E-state index contributed by atoms with van der Waals surface area (Å²) in [6.45, 7) is 1.45. The predicted molar refractivity (Wildman–Crippen MR) is 92.8 cm³/mol. The third-order valence-electron chi connectivity index (χ3n) is 3.90. The molecule has 1 heterocycles. The van der Waals surface area contributed by atoms with Crippen LogP contribution in [-0.2, 0) is 6.54 Å². The lowest BCUT2D eigenvalue weighted by Crippen LogP contribution is -2.29. The number of Topliss-reactive ketones (excluding diaryl/α,β-unsaturated/α-hetero) is 1. The first-order valence-corrected chi connectivity index (χ1v) is 7.66. The second-order valence-corrected chi connectivity index (χ2v) is 5.54. The highest BCUT2D eigenvalue weighted by molar-refractivity contribution is 5.94. The van der Waals surface area contributed by atoms with Crippen molar-refractivity contribution in [2.24, 2.45) is 0 Å². The molecule has 1 aromatic heterocycles. The molecule has 128 valence electrons. The fourth-order valence-electron chi connectivity index (χ4n) is 2.59. The minimum Gasteiger partial charge on any atom is -0.496 e. The van der Waals surface area contributed by atoms with Crippen LogP contribution < -0.4 is 16.1 Å². The number of benzene rings is 2. The Hall–Kier alpha value is -3.35. The number of H-pyrrole nitrogens is 1. The molecule has 0 aliphatic carbocycles. The molecular weight excluding hydrogens is 322 g/mol. The van der Waals surface area contributed by atoms with Crippen molar-refractivity contribution in [2.45, 2.75) is 13.5 Å². The van der Waals surface area contributed by atoms with Crippen LogP contribution in [0.2, 0.25) is 0 Å². The van der Waals surface area contributed by atoms with E-state index < -0.39 is 11.4 Å². The number of rotatable bonds is 5. The molecule has 2 aromatic carbocycles. The van der Waals surface area contributed by atoms with E-state index in [4.69, 9.17) is 4.74 Å². The van der Waals surface area contributed by atoms with Crippen LogP contribution in [0, 0.1) is 0 Å². The summed E-state index contributed by atoms with van der Waals surface area (Å²) >= 11 is 0. The van der Waals surface area contributed by atoms with Crippen LogP contribution in [0.4, 0.5) is 0 Å². The molecule has 0 bridgehead atoms. The van der Waals surface area contributed by atoms with Gasteiger partial charge in [-0.3, -0.25) is 4.79 Å². The molecule has 0 saturated heterocycles. The first-order valence-electron chi connectivity index (χ1n) is 7.66. The Balaban J connectivity index is 2.07. The van der Waals surface area contributed by atoms with Gasteiger partial charge in [0.15, 0.2) is 5.78 Å². The second-order valence-electron chi connectivity index (χ2n) is 5.54. The first-order chi connectivity index (χ1) is 12.0. The van der Waals surface area contributed by atoms with E-state index in [9.17, 15) is 14.4 Å². The van der Waals surface area contributed by atoms with E-state index in [2.05, 4.69) is 5.10 Å². The number of hydrogen-bond acceptors (Lipinski definition) is 4. The zero-order valence-corrected chi connectivity index (χ0v) is 13.9. The molecule has 0 aliphatic rings. The van der Waals surface area contributed by atoms with Gasteiger partial charge in [0.2, 0.25) is 0 Å². The number of nitrogens with one attached hydrogen (secondary N) is 1. The van der Waals surface area contributed by atoms with Crippen molar-refractivity contribution in [3.8, 4) is 11.4 Å². The van der Waals surface area contributed by atoms with Crippen molar-refractivity contribution in [3.05, 3.63) is 80.6 Å². The number of hydrogen-bond donors (Lipinski definition) is 1. The Labute approximate surface area is 143 Å². The molecule has 1 N–H and O–H groups in total. The SMILES string of the molecule is COc1ccc(C(C)=O)cc1Cn1c(=O)[nH]n(-c2ccccc2)c1=O. The highest BCUT2D eigenvalue weighted by Crippen LogP contribution is 2.20. The van der Waals surface area contributed by atoms with Crippen molar-refractivity contribution in [3.63, 3.8) is 0 Å². The van der Waals surface area contributed by atoms with E-state index in [1.165, 1.54) is 18.7 Å². The zero-order chi connectivity index (χ0) is 18.0. The molecule has 0 amide bonds. The van der Waals surface area contributed by atoms with Gasteiger partial charge in [-0.1, -0.05) is 18.2 Å². The molecule has 0 spiro atoms. The number of carbonyl (C=O) groups is 1. The Kier molecular flexibility index (Phi) is 4.38. The monoisotopic (exact) mass is 339 g/mol. The number of aromatic amines is 1. The molecule has 0 aliphatic heterocycles. The molecular formula is C18H17N3O4. The number of methoxy groups -OCH3 is 1. The van der Waals surface area contributed by atoms with Crippen LogP contribution in [0.3, 0.4) is 0 Å². The minimum absolute atomic E-state index is 0.00169. The quantitative estimate of drug-likeness (QED) is 0.715. The van der Waals surface area contributed by atoms with Crippen LogP contribution in [0.15, 0.2) is 58.1 Å². The Morgan fingerprint density at radius 3 is 2.48 bits per heavy atom. The normalized spacial score (nSPS) is 10.6. The summed E-state index contributed by atoms with van der Waals surface area (Å²) in [6, 6.07) is 13.7. The van der Waals surface area contributed by atoms with Gasteiger partial charge in [0.05, 0.1) is 19.3 Å². The maximum Gasteiger partial charge on any atom is 0.352 e. The van der Waals surface area contributed by atoms with E-state index in [-0.39, 0.29) is 12.3 Å². The lowest BCUT2D eigenvalue weighted by molar-refractivity contribution is 0.101. The van der Waals surface area contributed by atoms with Crippen molar-refractivity contribution in [1.29, 1.82) is 0 Å². The predicted octanol–water partition coefficient (Wildman–Crippen LogP) is 1.59. The Morgan fingerprint density at radius 1 is 1.12 bits per heavy atom. The maximum atomic E-state index is 12.6. The molecule has 7 heteroatoms. The first kappa shape index (κ1) is 16.5. The van der Waals surface area contributed by atoms with Crippen molar-refractivity contribution in [1.82, 2.24) is 14.3 Å². The summed E-state index contributed by atoms with van der Waals surface area (Å²) in [7, 11) is 1.49. The average molecular weight is 339 g/mol. The summed E-state index contributed by atoms with van der Waals surface area (Å²) in [5, 5.41) is 2.53. The molecule has 25 heavy (non-hydrogen) atoms. The molecule has 0 saturated carbocycles. The number of para-hydroxylation sites is 1. The highest BCUT2D eigenvalue weighted by atomic mass is 16.5. The lowest BCUT2D eigenvalue weighted by atomic mass is 10.1. The minimum atomic E-state index is -0.538. The van der Waals surface area contributed by atoms with E-state index >= 15 is 0 Å². The molecule has 3 rings (SSSR count). The van der Waals surface area contributed by atoms with Crippen LogP contribution in [0.25, 0.3) is 5.69 Å². The molecule has 3 aromatic rings. The molecule has 0 radical (unpaired) electrons. The summed E-state index contributed by atoms with van der Waals surface area (Å²) in [5.41, 5.74) is 0.597. The number of carbonyl (C=O) groups excluding carboxylic acids is 1. The maximum absolute atomic E-state index is 12.6. The van der Waals surface area contributed by atoms with E-state index in [0.717, 1.165) is 4.57 Å². The smallest absolute Gasteiger partial charge is 0.352 e. The molecule has 7 nitrogen and oxygen atoms in total. The van der Waals surface area contributed by atoms with Gasteiger partial charge >= 0.3 is 11.4 Å². The fourth-order valence-corrected chi connectivity index (χ4v) is 2.59. The van der Waals surface area contributed by atoms with Crippen LogP contribution >= 0.6 is 0 Å². The fraction of sp³-hybridized carbons (Fsp3) is 0.167. The van der Waals surface area contributed by atoms with Gasteiger partial charge in [0.25, 0.3) is 0 Å².